The lowest BCUT2D eigenvalue weighted by molar-refractivity contribution is 0.452. The largest absolute Gasteiger partial charge is 0.310 e. The highest BCUT2D eigenvalue weighted by Crippen LogP contribution is 2.27. The summed E-state index contributed by atoms with van der Waals surface area (Å²) in [6, 6.07) is 0.0678. The van der Waals surface area contributed by atoms with E-state index in [4.69, 9.17) is 0 Å². The first kappa shape index (κ1) is 14.3. The molecule has 1 aliphatic rings. The number of aromatic amines is 1. The maximum Gasteiger partial charge on any atom is 0.255 e. The van der Waals surface area contributed by atoms with E-state index < -0.39 is 0 Å². The maximum absolute atomic E-state index is 12.0. The highest BCUT2D eigenvalue weighted by atomic mass is 16.1. The van der Waals surface area contributed by atoms with Gasteiger partial charge < -0.3 is 10.3 Å². The van der Waals surface area contributed by atoms with Crippen LogP contribution in [0.3, 0.4) is 0 Å². The van der Waals surface area contributed by atoms with Gasteiger partial charge in [0.25, 0.3) is 5.56 Å². The molecule has 0 bridgehead atoms. The lowest BCUT2D eigenvalue weighted by atomic mass is 10.0. The van der Waals surface area contributed by atoms with Crippen LogP contribution < -0.4 is 10.9 Å². The van der Waals surface area contributed by atoms with Crippen molar-refractivity contribution in [3.05, 3.63) is 27.4 Å². The highest BCUT2D eigenvalue weighted by Gasteiger charge is 2.17. The minimum atomic E-state index is -0.00846. The molecule has 0 aromatic carbocycles. The molecule has 1 atom stereocenters. The van der Waals surface area contributed by atoms with Crippen molar-refractivity contribution in [1.29, 1.82) is 0 Å². The van der Waals surface area contributed by atoms with Crippen LogP contribution in [0, 0.1) is 19.8 Å². The van der Waals surface area contributed by atoms with E-state index in [1.807, 2.05) is 20.8 Å². The predicted octanol–water partition coefficient (Wildman–Crippen LogP) is 2.62. The van der Waals surface area contributed by atoms with Gasteiger partial charge in [-0.3, -0.25) is 4.79 Å². The van der Waals surface area contributed by atoms with Crippen LogP contribution in [0.4, 0.5) is 0 Å². The number of hydrogen-bond acceptors (Lipinski definition) is 3. The van der Waals surface area contributed by atoms with Crippen molar-refractivity contribution in [2.75, 3.05) is 6.54 Å². The van der Waals surface area contributed by atoms with E-state index in [9.17, 15) is 4.79 Å². The summed E-state index contributed by atoms with van der Waals surface area (Å²) in [5.74, 6) is 1.57. The Kier molecular flexibility index (Phi) is 4.75. The molecule has 106 valence electrons. The summed E-state index contributed by atoms with van der Waals surface area (Å²) in [5, 5.41) is 3.47. The molecule has 1 heterocycles. The standard InChI is InChI=1S/C15H25N3O/c1-10(16-9-8-13-6-4-5-7-13)14-11(2)17-12(3)18-15(14)19/h10,13,16H,4-9H2,1-3H3,(H,17,18,19). The zero-order valence-electron chi connectivity index (χ0n) is 12.3. The fraction of sp³-hybridized carbons (Fsp3) is 0.733. The molecule has 1 fully saturated rings. The van der Waals surface area contributed by atoms with Crippen molar-refractivity contribution in [1.82, 2.24) is 15.3 Å². The van der Waals surface area contributed by atoms with Gasteiger partial charge in [-0.05, 0) is 39.7 Å². The van der Waals surface area contributed by atoms with Gasteiger partial charge in [-0.15, -0.1) is 0 Å². The van der Waals surface area contributed by atoms with Crippen molar-refractivity contribution >= 4 is 0 Å². The summed E-state index contributed by atoms with van der Waals surface area (Å²) in [4.78, 5) is 19.1. The van der Waals surface area contributed by atoms with E-state index in [1.165, 1.54) is 32.1 Å². The number of aryl methyl sites for hydroxylation is 2. The second-order valence-electron chi connectivity index (χ2n) is 5.77. The molecular formula is C15H25N3O. The van der Waals surface area contributed by atoms with Crippen LogP contribution in [0.5, 0.6) is 0 Å². The SMILES string of the molecule is Cc1nc(C)c(C(C)NCCC2CCCC2)c(=O)[nH]1. The van der Waals surface area contributed by atoms with Gasteiger partial charge in [0.05, 0.1) is 5.56 Å². The fourth-order valence-electron chi connectivity index (χ4n) is 3.15. The Hall–Kier alpha value is -1.16. The van der Waals surface area contributed by atoms with E-state index in [-0.39, 0.29) is 11.6 Å². The predicted molar refractivity (Wildman–Crippen MR) is 77.3 cm³/mol. The first-order chi connectivity index (χ1) is 9.08. The van der Waals surface area contributed by atoms with Gasteiger partial charge in [0.15, 0.2) is 0 Å². The van der Waals surface area contributed by atoms with Crippen molar-refractivity contribution in [2.24, 2.45) is 5.92 Å². The van der Waals surface area contributed by atoms with Crippen LogP contribution in [0.15, 0.2) is 4.79 Å². The van der Waals surface area contributed by atoms with Crippen molar-refractivity contribution in [2.45, 2.75) is 58.9 Å². The molecule has 0 amide bonds. The topological polar surface area (TPSA) is 57.8 Å². The lowest BCUT2D eigenvalue weighted by Gasteiger charge is -2.17. The average molecular weight is 263 g/mol. The summed E-state index contributed by atoms with van der Waals surface area (Å²) in [5.41, 5.74) is 1.60. The molecule has 1 saturated carbocycles. The second-order valence-corrected chi connectivity index (χ2v) is 5.77. The molecule has 0 radical (unpaired) electrons. The van der Waals surface area contributed by atoms with Crippen LogP contribution in [0.1, 0.15) is 62.2 Å². The fourth-order valence-corrected chi connectivity index (χ4v) is 3.15. The van der Waals surface area contributed by atoms with E-state index in [0.717, 1.165) is 23.7 Å². The van der Waals surface area contributed by atoms with Crippen LogP contribution in [0.25, 0.3) is 0 Å². The normalized spacial score (nSPS) is 17.8. The Morgan fingerprint density at radius 1 is 1.37 bits per heavy atom. The van der Waals surface area contributed by atoms with Gasteiger partial charge in [0, 0.05) is 11.7 Å². The first-order valence-electron chi connectivity index (χ1n) is 7.38. The van der Waals surface area contributed by atoms with Crippen molar-refractivity contribution < 1.29 is 0 Å². The number of nitrogens with one attached hydrogen (secondary N) is 2. The molecule has 0 spiro atoms. The number of nitrogens with zero attached hydrogens (tertiary/aromatic N) is 1. The summed E-state index contributed by atoms with van der Waals surface area (Å²) >= 11 is 0. The third-order valence-corrected chi connectivity index (χ3v) is 4.18. The molecule has 2 rings (SSSR count). The Labute approximate surface area is 115 Å². The van der Waals surface area contributed by atoms with Crippen molar-refractivity contribution in [3.63, 3.8) is 0 Å². The van der Waals surface area contributed by atoms with Crippen LogP contribution >= 0.6 is 0 Å². The number of rotatable bonds is 5. The molecule has 4 nitrogen and oxygen atoms in total. The number of hydrogen-bond donors (Lipinski definition) is 2. The molecule has 4 heteroatoms. The average Bonchev–Trinajstić information content (AvgIpc) is 2.80. The maximum atomic E-state index is 12.0. The smallest absolute Gasteiger partial charge is 0.255 e. The number of H-pyrrole nitrogens is 1. The Bertz CT molecular complexity index is 475. The van der Waals surface area contributed by atoms with Crippen LogP contribution in [-0.4, -0.2) is 16.5 Å². The summed E-state index contributed by atoms with van der Waals surface area (Å²) in [6.45, 7) is 6.75. The zero-order chi connectivity index (χ0) is 13.8. The minimum Gasteiger partial charge on any atom is -0.310 e. The lowest BCUT2D eigenvalue weighted by Crippen LogP contribution is -2.29. The summed E-state index contributed by atoms with van der Waals surface area (Å²) < 4.78 is 0. The molecule has 1 aromatic rings. The van der Waals surface area contributed by atoms with Crippen molar-refractivity contribution in [3.8, 4) is 0 Å². The second kappa shape index (κ2) is 6.33. The Morgan fingerprint density at radius 3 is 2.68 bits per heavy atom. The van der Waals surface area contributed by atoms with Gasteiger partial charge in [0.1, 0.15) is 5.82 Å². The molecule has 1 aromatic heterocycles. The van der Waals surface area contributed by atoms with Gasteiger partial charge in [-0.25, -0.2) is 4.98 Å². The molecule has 0 saturated heterocycles. The molecule has 0 aliphatic heterocycles. The van der Waals surface area contributed by atoms with Gasteiger partial charge in [-0.2, -0.15) is 0 Å². The Morgan fingerprint density at radius 2 is 2.05 bits per heavy atom. The molecule has 19 heavy (non-hydrogen) atoms. The van der Waals surface area contributed by atoms with Gasteiger partial charge in [0.2, 0.25) is 0 Å². The van der Waals surface area contributed by atoms with Crippen LogP contribution in [0.2, 0.25) is 0 Å². The third-order valence-electron chi connectivity index (χ3n) is 4.18. The third kappa shape index (κ3) is 3.66. The molecule has 1 unspecified atom stereocenters. The quantitative estimate of drug-likeness (QED) is 0.858. The first-order valence-corrected chi connectivity index (χ1v) is 7.38. The molecular weight excluding hydrogens is 238 g/mol. The monoisotopic (exact) mass is 263 g/mol. The number of aromatic nitrogens is 2. The molecule has 1 aliphatic carbocycles. The van der Waals surface area contributed by atoms with E-state index >= 15 is 0 Å². The molecule has 2 N–H and O–H groups in total. The van der Waals surface area contributed by atoms with E-state index in [2.05, 4.69) is 15.3 Å². The van der Waals surface area contributed by atoms with E-state index in [1.54, 1.807) is 0 Å². The van der Waals surface area contributed by atoms with Crippen LogP contribution in [-0.2, 0) is 0 Å². The highest BCUT2D eigenvalue weighted by molar-refractivity contribution is 5.19. The van der Waals surface area contributed by atoms with E-state index in [0.29, 0.717) is 5.82 Å². The van der Waals surface area contributed by atoms with Gasteiger partial charge >= 0.3 is 0 Å². The Balaban J connectivity index is 1.92. The summed E-state index contributed by atoms with van der Waals surface area (Å²) in [7, 11) is 0. The van der Waals surface area contributed by atoms with Gasteiger partial charge in [-0.1, -0.05) is 25.7 Å². The zero-order valence-corrected chi connectivity index (χ0v) is 12.3. The minimum absolute atomic E-state index is 0.00846. The summed E-state index contributed by atoms with van der Waals surface area (Å²) in [6.07, 6.45) is 6.76.